The van der Waals surface area contributed by atoms with Gasteiger partial charge in [0, 0.05) is 23.8 Å². The van der Waals surface area contributed by atoms with Gasteiger partial charge in [-0.15, -0.1) is 0 Å². The lowest BCUT2D eigenvalue weighted by Crippen LogP contribution is -2.64. The maximum Gasteiger partial charge on any atom is 0.365 e. The number of phenols is 6. The summed E-state index contributed by atoms with van der Waals surface area (Å²) in [6, 6.07) is 8.72. The lowest BCUT2D eigenvalue weighted by molar-refractivity contribution is -0.396. The van der Waals surface area contributed by atoms with Crippen LogP contribution in [0.2, 0.25) is 0 Å². The summed E-state index contributed by atoms with van der Waals surface area (Å²) in [5, 5.41) is 112. The second-order valence-corrected chi connectivity index (χ2v) is 12.4. The molecule has 55 heavy (non-hydrogen) atoms. The summed E-state index contributed by atoms with van der Waals surface area (Å²) in [5.74, 6) is -5.74. The van der Waals surface area contributed by atoms with Crippen LogP contribution in [0.3, 0.4) is 0 Å². The molecule has 1 aromatic heterocycles. The predicted octanol–water partition coefficient (Wildman–Crippen LogP) is -0.469. The Balaban J connectivity index is 1.32. The minimum Gasteiger partial charge on any atom is -0.508 e. The Morgan fingerprint density at radius 3 is 2.20 bits per heavy atom. The van der Waals surface area contributed by atoms with Crippen LogP contribution in [-0.4, -0.2) is 131 Å². The van der Waals surface area contributed by atoms with Crippen LogP contribution < -0.4 is 10.2 Å². The first-order valence-corrected chi connectivity index (χ1v) is 16.2. The molecule has 4 aromatic rings. The number of aromatic hydroxyl groups is 6. The number of benzene rings is 3. The minimum absolute atomic E-state index is 0.0982. The van der Waals surface area contributed by atoms with Gasteiger partial charge in [0.15, 0.2) is 47.3 Å². The zero-order chi connectivity index (χ0) is 39.7. The predicted molar refractivity (Wildman–Crippen MR) is 179 cm³/mol. The van der Waals surface area contributed by atoms with Crippen LogP contribution in [0.4, 0.5) is 0 Å². The summed E-state index contributed by atoms with van der Waals surface area (Å²) in [7, 11) is 0. The molecule has 0 spiro atoms. The highest BCUT2D eigenvalue weighted by Crippen LogP contribution is 2.40. The van der Waals surface area contributed by atoms with Crippen LogP contribution in [0.5, 0.6) is 40.2 Å². The summed E-state index contributed by atoms with van der Waals surface area (Å²) in [4.78, 5) is 36.2. The van der Waals surface area contributed by atoms with Gasteiger partial charge in [0.2, 0.25) is 17.5 Å². The van der Waals surface area contributed by atoms with E-state index in [1.54, 1.807) is 0 Å². The average molecular weight is 775 g/mol. The van der Waals surface area contributed by atoms with Gasteiger partial charge in [-0.25, -0.2) is 4.79 Å². The van der Waals surface area contributed by atoms with E-state index in [0.717, 1.165) is 42.5 Å². The second kappa shape index (κ2) is 16.0. The minimum atomic E-state index is -2.03. The first-order chi connectivity index (χ1) is 26.2. The molecule has 20 heteroatoms. The number of aliphatic hydroxyl groups excluding tert-OH is 5. The topological polar surface area (TPSA) is 325 Å². The molecule has 0 aliphatic carbocycles. The van der Waals surface area contributed by atoms with Crippen molar-refractivity contribution in [1.29, 1.82) is 0 Å². The second-order valence-electron chi connectivity index (χ2n) is 12.4. The van der Waals surface area contributed by atoms with E-state index in [1.165, 1.54) is 18.2 Å². The first kappa shape index (κ1) is 39.0. The van der Waals surface area contributed by atoms with Crippen LogP contribution in [0.15, 0.2) is 63.8 Å². The molecule has 0 saturated carbocycles. The van der Waals surface area contributed by atoms with E-state index in [0.29, 0.717) is 0 Å². The molecule has 0 radical (unpaired) electrons. The van der Waals surface area contributed by atoms with Gasteiger partial charge in [-0.05, 0) is 42.0 Å². The maximum atomic E-state index is 14.0. The third-order valence-corrected chi connectivity index (χ3v) is 8.59. The van der Waals surface area contributed by atoms with Gasteiger partial charge in [0.25, 0.3) is 0 Å². The summed E-state index contributed by atoms with van der Waals surface area (Å²) < 4.78 is 28.7. The Morgan fingerprint density at radius 1 is 0.800 bits per heavy atom. The zero-order valence-electron chi connectivity index (χ0n) is 28.0. The Kier molecular flexibility index (Phi) is 11.3. The maximum absolute atomic E-state index is 14.0. The molecule has 20 nitrogen and oxygen atoms in total. The molecule has 0 bridgehead atoms. The molecule has 2 aliphatic rings. The molecule has 2 aliphatic heterocycles. The van der Waals surface area contributed by atoms with Crippen molar-refractivity contribution in [2.24, 2.45) is 0 Å². The van der Waals surface area contributed by atoms with Crippen LogP contribution in [-0.2, 0) is 28.8 Å². The molecule has 2 fully saturated rings. The van der Waals surface area contributed by atoms with E-state index in [4.69, 9.17) is 33.1 Å². The highest BCUT2D eigenvalue weighted by molar-refractivity contribution is 5.88. The number of hydrogen-bond donors (Lipinski definition) is 11. The van der Waals surface area contributed by atoms with Gasteiger partial charge in [0.1, 0.15) is 53.0 Å². The third-order valence-electron chi connectivity index (χ3n) is 8.59. The van der Waals surface area contributed by atoms with E-state index < -0.39 is 131 Å². The Labute approximate surface area is 307 Å². The number of fused-ring (bicyclic) bond motifs is 1. The number of aliphatic hydroxyl groups is 5. The number of carbonyl (C=O) groups excluding carboxylic acids is 1. The number of hydrogen-bond acceptors (Lipinski definition) is 20. The SMILES string of the molecule is O=C(C=Cc1ccc(O)c(O)c1)OO[C@H]1[C@H](O[C@H]2[C@H](Oc3c(-c4ccc(O)c(O)c4)oc4cc(O)cc(O)c4c3=O)O[C@H](CO)[C@@H](O)[C@@H]2O)OC[C@H](O)[C@@H]1O. The van der Waals surface area contributed by atoms with Crippen LogP contribution >= 0.6 is 0 Å². The quantitative estimate of drug-likeness (QED) is 0.0420. The normalized spacial score (nSPS) is 27.0. The van der Waals surface area contributed by atoms with Crippen molar-refractivity contribution < 1.29 is 94.1 Å². The van der Waals surface area contributed by atoms with Crippen LogP contribution in [0, 0.1) is 0 Å². The Bertz CT molecular complexity index is 2130. The Hall–Kier alpha value is -5.68. The van der Waals surface area contributed by atoms with Gasteiger partial charge in [-0.2, -0.15) is 4.89 Å². The molecule has 3 heterocycles. The monoisotopic (exact) mass is 774 g/mol. The van der Waals surface area contributed by atoms with E-state index in [-0.39, 0.29) is 16.7 Å². The molecular formula is C35H34O20. The van der Waals surface area contributed by atoms with E-state index in [2.05, 4.69) is 0 Å². The number of phenolic OH excluding ortho intramolecular Hbond substituents is 6. The van der Waals surface area contributed by atoms with Crippen molar-refractivity contribution >= 4 is 23.0 Å². The largest absolute Gasteiger partial charge is 0.508 e. The van der Waals surface area contributed by atoms with Crippen molar-refractivity contribution in [3.8, 4) is 51.6 Å². The smallest absolute Gasteiger partial charge is 0.365 e. The Morgan fingerprint density at radius 2 is 1.51 bits per heavy atom. The summed E-state index contributed by atoms with van der Waals surface area (Å²) in [6.07, 6.45) is -14.6. The average Bonchev–Trinajstić information content (AvgIpc) is 3.14. The fourth-order valence-corrected chi connectivity index (χ4v) is 5.72. The number of ether oxygens (including phenoxy) is 4. The molecule has 0 unspecified atom stereocenters. The molecule has 11 N–H and O–H groups in total. The standard InChI is InChI=1S/C35H34O20/c36-11-23-27(46)29(48)32(53-34-33(26(45)21(43)12-49-34)55-54-24(44)6-2-13-1-4-16(38)18(40)7-13)35(51-23)52-31-28(47)25-20(42)9-15(37)10-22(25)50-30(31)14-3-5-17(39)19(41)8-14/h1-10,21,23,26-27,29,32-43,45-46,48H,11-12H2/t21-,23+,26-,27+,29-,32+,33+,34-,35-/m0/s1. The highest BCUT2D eigenvalue weighted by Gasteiger charge is 2.51. The molecule has 6 rings (SSSR count). The lowest BCUT2D eigenvalue weighted by Gasteiger charge is -2.44. The van der Waals surface area contributed by atoms with Crippen LogP contribution in [0.1, 0.15) is 5.56 Å². The fourth-order valence-electron chi connectivity index (χ4n) is 5.72. The summed E-state index contributed by atoms with van der Waals surface area (Å²) in [5.41, 5.74) is -1.28. The summed E-state index contributed by atoms with van der Waals surface area (Å²) in [6.45, 7) is -1.50. The lowest BCUT2D eigenvalue weighted by atomic mass is 9.98. The van der Waals surface area contributed by atoms with Gasteiger partial charge < -0.3 is 79.5 Å². The zero-order valence-corrected chi connectivity index (χ0v) is 28.0. The van der Waals surface area contributed by atoms with Crippen molar-refractivity contribution in [2.45, 2.75) is 55.3 Å². The third kappa shape index (κ3) is 8.07. The molecular weight excluding hydrogens is 740 g/mol. The van der Waals surface area contributed by atoms with Crippen molar-refractivity contribution in [2.75, 3.05) is 13.2 Å². The van der Waals surface area contributed by atoms with Crippen molar-refractivity contribution in [1.82, 2.24) is 0 Å². The molecule has 294 valence electrons. The van der Waals surface area contributed by atoms with Gasteiger partial charge in [-0.3, -0.25) is 9.68 Å². The highest BCUT2D eigenvalue weighted by atomic mass is 17.2. The van der Waals surface area contributed by atoms with Gasteiger partial charge in [0.05, 0.1) is 13.2 Å². The van der Waals surface area contributed by atoms with E-state index >= 15 is 0 Å². The van der Waals surface area contributed by atoms with Crippen molar-refractivity contribution in [3.63, 3.8) is 0 Å². The number of carbonyl (C=O) groups is 1. The number of rotatable bonds is 10. The van der Waals surface area contributed by atoms with Crippen molar-refractivity contribution in [3.05, 3.63) is 70.4 Å². The summed E-state index contributed by atoms with van der Waals surface area (Å²) >= 11 is 0. The molecule has 2 saturated heterocycles. The first-order valence-electron chi connectivity index (χ1n) is 16.2. The van der Waals surface area contributed by atoms with Gasteiger partial charge in [-0.1, -0.05) is 6.07 Å². The fraction of sp³-hybridized carbons (Fsp3) is 0.314. The van der Waals surface area contributed by atoms with Crippen LogP contribution in [0.25, 0.3) is 28.4 Å². The molecule has 0 amide bonds. The van der Waals surface area contributed by atoms with Gasteiger partial charge >= 0.3 is 5.97 Å². The van der Waals surface area contributed by atoms with E-state index in [1.807, 2.05) is 0 Å². The van der Waals surface area contributed by atoms with E-state index in [9.17, 15) is 65.8 Å². The molecule has 9 atom stereocenters. The molecule has 3 aromatic carbocycles.